The molecule has 1 N–H and O–H groups in total. The highest BCUT2D eigenvalue weighted by Crippen LogP contribution is 2.29. The quantitative estimate of drug-likeness (QED) is 0.660. The number of sulfonamides is 1. The van der Waals surface area contributed by atoms with E-state index in [-0.39, 0.29) is 16.5 Å². The summed E-state index contributed by atoms with van der Waals surface area (Å²) >= 11 is 0. The molecule has 0 saturated carbocycles. The van der Waals surface area contributed by atoms with Crippen LogP contribution in [0.4, 0.5) is 5.69 Å². The van der Waals surface area contributed by atoms with Gasteiger partial charge >= 0.3 is 0 Å². The Balaban J connectivity index is 1.69. The maximum absolute atomic E-state index is 13.0. The van der Waals surface area contributed by atoms with E-state index in [0.29, 0.717) is 48.7 Å². The van der Waals surface area contributed by atoms with Crippen LogP contribution in [-0.4, -0.2) is 57.8 Å². The smallest absolute Gasteiger partial charge is 0.276 e. The highest BCUT2D eigenvalue weighted by Gasteiger charge is 2.26. The van der Waals surface area contributed by atoms with Crippen LogP contribution >= 0.6 is 0 Å². The zero-order valence-electron chi connectivity index (χ0n) is 16.5. The van der Waals surface area contributed by atoms with Gasteiger partial charge in [0.1, 0.15) is 5.75 Å². The minimum absolute atomic E-state index is 0.0159. The first-order valence-electron chi connectivity index (χ1n) is 9.33. The minimum atomic E-state index is -3.94. The standard InChI is InChI=1S/C20H21N3O6S/c1-13-3-5-18(27-2)16(11-13)22-30(25,26)14-4-6-17-15(12-14)19(21-29-17)20(24)23-7-9-28-10-8-23/h3-6,11-12,22H,7-10H2,1-2H3. The molecule has 9 nitrogen and oxygen atoms in total. The van der Waals surface area contributed by atoms with Gasteiger partial charge in [0.25, 0.3) is 15.9 Å². The second-order valence-corrected chi connectivity index (χ2v) is 8.59. The van der Waals surface area contributed by atoms with Crippen LogP contribution < -0.4 is 9.46 Å². The molecule has 2 heterocycles. The number of hydrogen-bond donors (Lipinski definition) is 1. The largest absolute Gasteiger partial charge is 0.495 e. The molecule has 158 valence electrons. The van der Waals surface area contributed by atoms with Gasteiger partial charge in [-0.25, -0.2) is 8.42 Å². The highest BCUT2D eigenvalue weighted by atomic mass is 32.2. The third-order valence-electron chi connectivity index (χ3n) is 4.85. The number of aryl methyl sites for hydroxylation is 1. The van der Waals surface area contributed by atoms with Gasteiger partial charge in [0.2, 0.25) is 0 Å². The monoisotopic (exact) mass is 431 g/mol. The van der Waals surface area contributed by atoms with Gasteiger partial charge in [-0.15, -0.1) is 0 Å². The average molecular weight is 431 g/mol. The molecule has 1 aliphatic heterocycles. The van der Waals surface area contributed by atoms with E-state index in [1.165, 1.54) is 25.3 Å². The lowest BCUT2D eigenvalue weighted by Gasteiger charge is -2.25. The summed E-state index contributed by atoms with van der Waals surface area (Å²) in [5.41, 5.74) is 1.62. The van der Waals surface area contributed by atoms with E-state index >= 15 is 0 Å². The maximum Gasteiger partial charge on any atom is 0.276 e. The molecule has 1 aliphatic rings. The fourth-order valence-electron chi connectivity index (χ4n) is 3.26. The summed E-state index contributed by atoms with van der Waals surface area (Å²) in [6.07, 6.45) is 0. The van der Waals surface area contributed by atoms with E-state index in [9.17, 15) is 13.2 Å². The lowest BCUT2D eigenvalue weighted by molar-refractivity contribution is 0.0297. The first-order valence-corrected chi connectivity index (χ1v) is 10.8. The Bertz CT molecular complexity index is 1200. The number of carbonyl (C=O) groups excluding carboxylic acids is 1. The Kier molecular flexibility index (Phi) is 5.35. The van der Waals surface area contributed by atoms with Crippen LogP contribution in [0.2, 0.25) is 0 Å². The summed E-state index contributed by atoms with van der Waals surface area (Å²) in [5, 5.41) is 4.21. The van der Waals surface area contributed by atoms with Crippen molar-refractivity contribution in [1.29, 1.82) is 0 Å². The third kappa shape index (κ3) is 3.83. The molecule has 3 aromatic rings. The predicted molar refractivity (Wildman–Crippen MR) is 109 cm³/mol. The number of hydrogen-bond acceptors (Lipinski definition) is 7. The van der Waals surface area contributed by atoms with Crippen LogP contribution in [0.5, 0.6) is 5.75 Å². The molecule has 4 rings (SSSR count). The molecule has 0 unspecified atom stereocenters. The normalized spacial score (nSPS) is 14.7. The second kappa shape index (κ2) is 7.96. The molecule has 30 heavy (non-hydrogen) atoms. The molecule has 10 heteroatoms. The molecule has 0 atom stereocenters. The summed E-state index contributed by atoms with van der Waals surface area (Å²) in [4.78, 5) is 14.4. The second-order valence-electron chi connectivity index (χ2n) is 6.90. The van der Waals surface area contributed by atoms with Gasteiger partial charge in [0, 0.05) is 13.1 Å². The lowest BCUT2D eigenvalue weighted by Crippen LogP contribution is -2.40. The number of amides is 1. The van der Waals surface area contributed by atoms with Gasteiger partial charge < -0.3 is 18.9 Å². The Morgan fingerprint density at radius 2 is 1.93 bits per heavy atom. The number of nitrogens with zero attached hydrogens (tertiary/aromatic N) is 2. The van der Waals surface area contributed by atoms with Gasteiger partial charge in [0.05, 0.1) is 36.3 Å². The molecule has 1 aromatic heterocycles. The number of rotatable bonds is 5. The van der Waals surface area contributed by atoms with Crippen molar-refractivity contribution in [2.75, 3.05) is 38.1 Å². The van der Waals surface area contributed by atoms with E-state index in [1.807, 2.05) is 13.0 Å². The summed E-state index contributed by atoms with van der Waals surface area (Å²) in [5.74, 6) is 0.0818. The van der Waals surface area contributed by atoms with Crippen LogP contribution in [0.3, 0.4) is 0 Å². The van der Waals surface area contributed by atoms with E-state index in [0.717, 1.165) is 5.56 Å². The van der Waals surface area contributed by atoms with Crippen molar-refractivity contribution in [3.05, 3.63) is 47.7 Å². The van der Waals surface area contributed by atoms with Crippen molar-refractivity contribution in [2.45, 2.75) is 11.8 Å². The number of morpholine rings is 1. The van der Waals surface area contributed by atoms with E-state index in [1.54, 1.807) is 17.0 Å². The van der Waals surface area contributed by atoms with E-state index in [4.69, 9.17) is 14.0 Å². The molecule has 2 aromatic carbocycles. The van der Waals surface area contributed by atoms with Crippen molar-refractivity contribution in [1.82, 2.24) is 10.1 Å². The SMILES string of the molecule is COc1ccc(C)cc1NS(=O)(=O)c1ccc2onc(C(=O)N3CCOCC3)c2c1. The summed E-state index contributed by atoms with van der Waals surface area (Å²) in [6, 6.07) is 9.48. The number of nitrogens with one attached hydrogen (secondary N) is 1. The Morgan fingerprint density at radius 1 is 1.17 bits per heavy atom. The third-order valence-corrected chi connectivity index (χ3v) is 6.22. The van der Waals surface area contributed by atoms with Crippen molar-refractivity contribution < 1.29 is 27.2 Å². The van der Waals surface area contributed by atoms with E-state index < -0.39 is 10.0 Å². The minimum Gasteiger partial charge on any atom is -0.495 e. The van der Waals surface area contributed by atoms with Crippen LogP contribution in [0, 0.1) is 6.92 Å². The van der Waals surface area contributed by atoms with Crippen molar-refractivity contribution in [3.63, 3.8) is 0 Å². The van der Waals surface area contributed by atoms with Crippen molar-refractivity contribution >= 4 is 32.6 Å². The van der Waals surface area contributed by atoms with Gasteiger partial charge in [-0.1, -0.05) is 11.2 Å². The van der Waals surface area contributed by atoms with Gasteiger partial charge in [-0.3, -0.25) is 9.52 Å². The Morgan fingerprint density at radius 3 is 2.67 bits per heavy atom. The molecule has 1 amide bonds. The number of carbonyl (C=O) groups is 1. The van der Waals surface area contributed by atoms with Crippen molar-refractivity contribution in [3.8, 4) is 5.75 Å². The first-order chi connectivity index (χ1) is 14.4. The Labute approximate surface area is 173 Å². The first kappa shape index (κ1) is 20.2. The fourth-order valence-corrected chi connectivity index (χ4v) is 4.35. The topological polar surface area (TPSA) is 111 Å². The number of aromatic nitrogens is 1. The zero-order valence-corrected chi connectivity index (χ0v) is 17.4. The molecule has 1 fully saturated rings. The average Bonchev–Trinajstić information content (AvgIpc) is 3.17. The number of benzene rings is 2. The summed E-state index contributed by atoms with van der Waals surface area (Å²) in [6.45, 7) is 3.64. The van der Waals surface area contributed by atoms with E-state index in [2.05, 4.69) is 9.88 Å². The number of methoxy groups -OCH3 is 1. The Hall–Kier alpha value is -3.11. The molecule has 0 spiro atoms. The van der Waals surface area contributed by atoms with Gasteiger partial charge in [0.15, 0.2) is 11.3 Å². The van der Waals surface area contributed by atoms with Gasteiger partial charge in [-0.05, 0) is 42.8 Å². The molecule has 0 aliphatic carbocycles. The predicted octanol–water partition coefficient (Wildman–Crippen LogP) is 2.42. The molecular weight excluding hydrogens is 410 g/mol. The molecule has 0 bridgehead atoms. The summed E-state index contributed by atoms with van der Waals surface area (Å²) < 4.78 is 44.3. The summed E-state index contributed by atoms with van der Waals surface area (Å²) in [7, 11) is -2.48. The zero-order chi connectivity index (χ0) is 21.3. The van der Waals surface area contributed by atoms with Gasteiger partial charge in [-0.2, -0.15) is 0 Å². The number of ether oxygens (including phenoxy) is 2. The van der Waals surface area contributed by atoms with Crippen LogP contribution in [-0.2, 0) is 14.8 Å². The highest BCUT2D eigenvalue weighted by molar-refractivity contribution is 7.92. The van der Waals surface area contributed by atoms with Crippen molar-refractivity contribution in [2.24, 2.45) is 0 Å². The number of fused-ring (bicyclic) bond motifs is 1. The fraction of sp³-hybridized carbons (Fsp3) is 0.300. The molecular formula is C20H21N3O6S. The van der Waals surface area contributed by atoms with Crippen LogP contribution in [0.15, 0.2) is 45.8 Å². The lowest BCUT2D eigenvalue weighted by atomic mass is 10.2. The maximum atomic E-state index is 13.0. The van der Waals surface area contributed by atoms with Crippen LogP contribution in [0.25, 0.3) is 11.0 Å². The molecule has 1 saturated heterocycles. The van der Waals surface area contributed by atoms with Crippen LogP contribution in [0.1, 0.15) is 16.1 Å². The molecule has 0 radical (unpaired) electrons. The number of anilines is 1.